The zero-order valence-electron chi connectivity index (χ0n) is 16.8. The molecule has 1 aliphatic heterocycles. The van der Waals surface area contributed by atoms with Gasteiger partial charge in [-0.2, -0.15) is 0 Å². The molecule has 1 heterocycles. The molecule has 8 heteroatoms. The summed E-state index contributed by atoms with van der Waals surface area (Å²) in [5.41, 5.74) is 1.86. The van der Waals surface area contributed by atoms with E-state index in [1.165, 1.54) is 6.08 Å². The Morgan fingerprint density at radius 3 is 2.76 bits per heavy atom. The van der Waals surface area contributed by atoms with E-state index >= 15 is 0 Å². The first-order valence-electron chi connectivity index (χ1n) is 9.61. The van der Waals surface area contributed by atoms with E-state index in [9.17, 15) is 19.2 Å². The number of benzene rings is 1. The number of carbonyl (C=O) groups excluding carboxylic acids is 4. The van der Waals surface area contributed by atoms with Crippen LogP contribution in [0.25, 0.3) is 0 Å². The molecule has 2 atom stereocenters. The van der Waals surface area contributed by atoms with Gasteiger partial charge in [0.1, 0.15) is 0 Å². The Kier molecular flexibility index (Phi) is 7.94. The van der Waals surface area contributed by atoms with Crippen LogP contribution >= 0.6 is 0 Å². The number of nitrogens with zero attached hydrogens (tertiary/aromatic N) is 1. The van der Waals surface area contributed by atoms with Gasteiger partial charge in [-0.3, -0.25) is 19.7 Å². The largest absolute Gasteiger partial charge is 0.455 e. The summed E-state index contributed by atoms with van der Waals surface area (Å²) >= 11 is 0. The predicted molar refractivity (Wildman–Crippen MR) is 108 cm³/mol. The Bertz CT molecular complexity index is 792. The number of esters is 1. The van der Waals surface area contributed by atoms with E-state index in [1.807, 2.05) is 29.6 Å². The second kappa shape index (κ2) is 10.4. The minimum Gasteiger partial charge on any atom is -0.455 e. The second-order valence-corrected chi connectivity index (χ2v) is 6.93. The molecule has 0 aromatic heterocycles. The summed E-state index contributed by atoms with van der Waals surface area (Å²) in [4.78, 5) is 49.5. The van der Waals surface area contributed by atoms with Gasteiger partial charge in [-0.1, -0.05) is 38.1 Å². The van der Waals surface area contributed by atoms with Crippen molar-refractivity contribution in [1.29, 1.82) is 0 Å². The Morgan fingerprint density at radius 2 is 2.07 bits per heavy atom. The van der Waals surface area contributed by atoms with Gasteiger partial charge < -0.3 is 15.0 Å². The number of urea groups is 1. The highest BCUT2D eigenvalue weighted by Gasteiger charge is 2.37. The zero-order chi connectivity index (χ0) is 21.4. The van der Waals surface area contributed by atoms with E-state index in [0.717, 1.165) is 17.7 Å². The van der Waals surface area contributed by atoms with Crippen LogP contribution in [0.5, 0.6) is 0 Å². The van der Waals surface area contributed by atoms with Crippen molar-refractivity contribution in [1.82, 2.24) is 10.6 Å². The number of para-hydroxylation sites is 1. The molecule has 8 nitrogen and oxygen atoms in total. The number of hydrogen-bond acceptors (Lipinski definition) is 5. The Balaban J connectivity index is 1.93. The third-order valence-corrected chi connectivity index (χ3v) is 4.83. The van der Waals surface area contributed by atoms with Crippen LogP contribution in [0, 0.1) is 5.92 Å². The van der Waals surface area contributed by atoms with E-state index in [4.69, 9.17) is 4.74 Å². The number of ether oxygens (including phenoxy) is 1. The van der Waals surface area contributed by atoms with Gasteiger partial charge in [0, 0.05) is 25.2 Å². The van der Waals surface area contributed by atoms with Gasteiger partial charge in [0.15, 0.2) is 6.61 Å². The molecule has 2 rings (SSSR count). The van der Waals surface area contributed by atoms with Crippen molar-refractivity contribution in [3.05, 3.63) is 42.5 Å². The monoisotopic (exact) mass is 401 g/mol. The Labute approximate surface area is 170 Å². The van der Waals surface area contributed by atoms with Gasteiger partial charge >= 0.3 is 12.0 Å². The van der Waals surface area contributed by atoms with Gasteiger partial charge in [-0.05, 0) is 24.0 Å². The number of carbonyl (C=O) groups is 4. The predicted octanol–water partition coefficient (Wildman–Crippen LogP) is 2.11. The quantitative estimate of drug-likeness (QED) is 0.513. The van der Waals surface area contributed by atoms with Crippen molar-refractivity contribution in [2.24, 2.45) is 5.92 Å². The molecule has 0 radical (unpaired) electrons. The lowest BCUT2D eigenvalue weighted by atomic mass is 9.96. The lowest BCUT2D eigenvalue weighted by molar-refractivity contribution is -0.152. The van der Waals surface area contributed by atoms with Crippen molar-refractivity contribution in [3.63, 3.8) is 0 Å². The van der Waals surface area contributed by atoms with E-state index in [1.54, 1.807) is 4.90 Å². The molecular formula is C21H27N3O5. The maximum atomic E-state index is 12.5. The fourth-order valence-corrected chi connectivity index (χ4v) is 3.09. The van der Waals surface area contributed by atoms with Gasteiger partial charge in [0.2, 0.25) is 5.91 Å². The van der Waals surface area contributed by atoms with E-state index < -0.39 is 30.4 Å². The van der Waals surface area contributed by atoms with Crippen LogP contribution in [0.3, 0.4) is 0 Å². The van der Waals surface area contributed by atoms with Crippen molar-refractivity contribution in [2.45, 2.75) is 32.6 Å². The molecular weight excluding hydrogens is 374 g/mol. The molecule has 0 bridgehead atoms. The lowest BCUT2D eigenvalue weighted by Crippen LogP contribution is -2.41. The van der Waals surface area contributed by atoms with Crippen molar-refractivity contribution in [2.75, 3.05) is 24.6 Å². The third-order valence-electron chi connectivity index (χ3n) is 4.83. The summed E-state index contributed by atoms with van der Waals surface area (Å²) in [5.74, 6) is -1.92. The maximum Gasteiger partial charge on any atom is 0.321 e. The van der Waals surface area contributed by atoms with Gasteiger partial charge in [-0.25, -0.2) is 4.79 Å². The molecule has 29 heavy (non-hydrogen) atoms. The molecule has 4 amide bonds. The average Bonchev–Trinajstić information content (AvgIpc) is 3.11. The fraction of sp³-hybridized carbons (Fsp3) is 0.429. The van der Waals surface area contributed by atoms with Gasteiger partial charge in [0.25, 0.3) is 5.91 Å². The molecule has 1 aliphatic rings. The highest BCUT2D eigenvalue weighted by Crippen LogP contribution is 2.33. The molecule has 0 saturated carbocycles. The first kappa shape index (κ1) is 22.1. The summed E-state index contributed by atoms with van der Waals surface area (Å²) in [5, 5.41) is 4.41. The van der Waals surface area contributed by atoms with Gasteiger partial charge in [0.05, 0.1) is 5.92 Å². The second-order valence-electron chi connectivity index (χ2n) is 6.93. The Hall–Kier alpha value is -3.16. The van der Waals surface area contributed by atoms with E-state index in [-0.39, 0.29) is 31.3 Å². The van der Waals surface area contributed by atoms with Crippen LogP contribution in [0.1, 0.15) is 38.2 Å². The topological polar surface area (TPSA) is 105 Å². The standard InChI is InChI=1S/C21H27N3O5/c1-4-10-22-21(28)23-18(25)13-29-20(27)15-11-19(26)24(12-15)17-9-7-6-8-16(17)14(3)5-2/h4,6-9,14-15H,1,5,10-13H2,2-3H3,(H2,22,23,25,28)/t14-,15-/m0/s1. The summed E-state index contributed by atoms with van der Waals surface area (Å²) in [6.45, 7) is 7.43. The first-order valence-corrected chi connectivity index (χ1v) is 9.61. The minimum absolute atomic E-state index is 0.0229. The number of imide groups is 1. The van der Waals surface area contributed by atoms with E-state index in [0.29, 0.717) is 0 Å². The highest BCUT2D eigenvalue weighted by molar-refractivity contribution is 6.00. The fourth-order valence-electron chi connectivity index (χ4n) is 3.09. The van der Waals surface area contributed by atoms with Crippen LogP contribution in [-0.4, -0.2) is 43.5 Å². The van der Waals surface area contributed by atoms with Crippen molar-refractivity contribution < 1.29 is 23.9 Å². The third kappa shape index (κ3) is 5.91. The average molecular weight is 401 g/mol. The molecule has 1 aromatic carbocycles. The lowest BCUT2D eigenvalue weighted by Gasteiger charge is -2.23. The van der Waals surface area contributed by atoms with Crippen molar-refractivity contribution in [3.8, 4) is 0 Å². The molecule has 0 unspecified atom stereocenters. The smallest absolute Gasteiger partial charge is 0.321 e. The van der Waals surface area contributed by atoms with E-state index in [2.05, 4.69) is 25.7 Å². The first-order chi connectivity index (χ1) is 13.9. The number of amides is 4. The van der Waals surface area contributed by atoms with Gasteiger partial charge in [-0.15, -0.1) is 6.58 Å². The van der Waals surface area contributed by atoms with Crippen LogP contribution in [-0.2, 0) is 19.1 Å². The number of rotatable bonds is 8. The zero-order valence-corrected chi connectivity index (χ0v) is 16.8. The summed E-state index contributed by atoms with van der Waals surface area (Å²) < 4.78 is 4.99. The summed E-state index contributed by atoms with van der Waals surface area (Å²) in [7, 11) is 0. The molecule has 1 aromatic rings. The number of nitrogens with one attached hydrogen (secondary N) is 2. The van der Waals surface area contributed by atoms with Crippen LogP contribution in [0.15, 0.2) is 36.9 Å². The molecule has 0 aliphatic carbocycles. The number of anilines is 1. The Morgan fingerprint density at radius 1 is 1.34 bits per heavy atom. The highest BCUT2D eigenvalue weighted by atomic mass is 16.5. The summed E-state index contributed by atoms with van der Waals surface area (Å²) in [6.07, 6.45) is 2.42. The van der Waals surface area contributed by atoms with Crippen LogP contribution in [0.2, 0.25) is 0 Å². The molecule has 2 N–H and O–H groups in total. The SMILES string of the molecule is C=CCNC(=O)NC(=O)COC(=O)[C@H]1CC(=O)N(c2ccccc2[C@@H](C)CC)C1. The maximum absolute atomic E-state index is 12.5. The normalized spacial score (nSPS) is 16.8. The molecule has 1 fully saturated rings. The molecule has 156 valence electrons. The summed E-state index contributed by atoms with van der Waals surface area (Å²) in [6, 6.07) is 6.96. The van der Waals surface area contributed by atoms with Crippen LogP contribution < -0.4 is 15.5 Å². The van der Waals surface area contributed by atoms with Crippen molar-refractivity contribution >= 4 is 29.5 Å². The van der Waals surface area contributed by atoms with Crippen LogP contribution in [0.4, 0.5) is 10.5 Å². The molecule has 0 spiro atoms. The molecule has 1 saturated heterocycles. The number of hydrogen-bond donors (Lipinski definition) is 2. The minimum atomic E-state index is -0.747.